The van der Waals surface area contributed by atoms with E-state index in [4.69, 9.17) is 0 Å². The van der Waals surface area contributed by atoms with Gasteiger partial charge in [-0.05, 0) is 18.4 Å². The smallest absolute Gasteiger partial charge is 0.183 e. The molecule has 1 aromatic carbocycles. The van der Waals surface area contributed by atoms with E-state index in [0.717, 1.165) is 25.1 Å². The first kappa shape index (κ1) is 10.3. The predicted octanol–water partition coefficient (Wildman–Crippen LogP) is 2.45. The summed E-state index contributed by atoms with van der Waals surface area (Å²) in [4.78, 5) is 15.9. The van der Waals surface area contributed by atoms with Crippen molar-refractivity contribution in [1.82, 2.24) is 9.55 Å². The number of Topliss-reactive ketones (excluding diaryl/α,β-unsaturated/α-hetero) is 1. The van der Waals surface area contributed by atoms with Crippen molar-refractivity contribution in [2.75, 3.05) is 0 Å². The lowest BCUT2D eigenvalue weighted by molar-refractivity contribution is 0.0967. The highest BCUT2D eigenvalue weighted by atomic mass is 16.1. The van der Waals surface area contributed by atoms with E-state index in [2.05, 4.69) is 21.7 Å². The topological polar surface area (TPSA) is 34.9 Å². The van der Waals surface area contributed by atoms with Gasteiger partial charge in [-0.25, -0.2) is 4.98 Å². The Morgan fingerprint density at radius 2 is 2.00 bits per heavy atom. The molecule has 1 aliphatic carbocycles. The van der Waals surface area contributed by atoms with E-state index >= 15 is 0 Å². The van der Waals surface area contributed by atoms with Crippen LogP contribution in [0, 0.1) is 0 Å². The fourth-order valence-corrected chi connectivity index (χ4v) is 2.35. The van der Waals surface area contributed by atoms with Crippen molar-refractivity contribution in [3.63, 3.8) is 0 Å². The van der Waals surface area contributed by atoms with Crippen LogP contribution in [0.5, 0.6) is 0 Å². The van der Waals surface area contributed by atoms with Gasteiger partial charge >= 0.3 is 0 Å². The van der Waals surface area contributed by atoms with Crippen LogP contribution in [-0.2, 0) is 13.0 Å². The van der Waals surface area contributed by atoms with Crippen LogP contribution >= 0.6 is 0 Å². The summed E-state index contributed by atoms with van der Waals surface area (Å²) in [6.45, 7) is 0.802. The summed E-state index contributed by atoms with van der Waals surface area (Å²) < 4.78 is 2.10. The summed E-state index contributed by atoms with van der Waals surface area (Å²) in [5.74, 6) is 0.193. The Morgan fingerprint density at radius 3 is 2.82 bits per heavy atom. The molecule has 0 unspecified atom stereocenters. The highest BCUT2D eigenvalue weighted by molar-refractivity contribution is 5.96. The van der Waals surface area contributed by atoms with Crippen LogP contribution in [0.15, 0.2) is 36.7 Å². The van der Waals surface area contributed by atoms with Crippen molar-refractivity contribution in [2.45, 2.75) is 25.8 Å². The Bertz CT molecular complexity index is 543. The van der Waals surface area contributed by atoms with Crippen LogP contribution in [0.4, 0.5) is 0 Å². The highest BCUT2D eigenvalue weighted by Crippen LogP contribution is 2.20. The third-order valence-corrected chi connectivity index (χ3v) is 3.22. The van der Waals surface area contributed by atoms with E-state index in [9.17, 15) is 4.79 Å². The molecule has 0 saturated carbocycles. The average molecular weight is 226 g/mol. The van der Waals surface area contributed by atoms with Gasteiger partial charge in [0.1, 0.15) is 5.69 Å². The molecule has 0 fully saturated rings. The Hall–Kier alpha value is -1.90. The number of nitrogens with zero attached hydrogens (tertiary/aromatic N) is 2. The number of hydrogen-bond donors (Lipinski definition) is 0. The normalized spacial score (nSPS) is 14.7. The van der Waals surface area contributed by atoms with E-state index in [1.807, 2.05) is 18.2 Å². The number of fused-ring (bicyclic) bond motifs is 1. The molecule has 0 N–H and O–H groups in total. The van der Waals surface area contributed by atoms with Gasteiger partial charge in [0.15, 0.2) is 5.78 Å². The van der Waals surface area contributed by atoms with Crippen molar-refractivity contribution in [1.29, 1.82) is 0 Å². The molecule has 1 aromatic heterocycles. The molecule has 1 heterocycles. The fraction of sp³-hybridized carbons (Fsp3) is 0.286. The molecule has 0 atom stereocenters. The molecule has 1 aliphatic rings. The number of carbonyl (C=O) groups is 1. The van der Waals surface area contributed by atoms with Gasteiger partial charge in [0, 0.05) is 18.7 Å². The minimum absolute atomic E-state index is 0.193. The SMILES string of the molecule is O=C1CCCc2c1ncn2Cc1ccccc1. The van der Waals surface area contributed by atoms with Gasteiger partial charge in [-0.1, -0.05) is 30.3 Å². The Morgan fingerprint density at radius 1 is 1.18 bits per heavy atom. The van der Waals surface area contributed by atoms with Crippen molar-refractivity contribution >= 4 is 5.78 Å². The third kappa shape index (κ3) is 1.88. The molecular formula is C14H14N2O. The van der Waals surface area contributed by atoms with Gasteiger partial charge in [-0.15, -0.1) is 0 Å². The summed E-state index contributed by atoms with van der Waals surface area (Å²) in [6, 6.07) is 10.3. The number of aromatic nitrogens is 2. The summed E-state index contributed by atoms with van der Waals surface area (Å²) in [5, 5.41) is 0. The van der Waals surface area contributed by atoms with Crippen molar-refractivity contribution in [3.05, 3.63) is 53.6 Å². The first-order valence-electron chi connectivity index (χ1n) is 5.96. The molecule has 3 rings (SSSR count). The van der Waals surface area contributed by atoms with Crippen LogP contribution in [0.25, 0.3) is 0 Å². The van der Waals surface area contributed by atoms with Crippen LogP contribution in [-0.4, -0.2) is 15.3 Å². The molecule has 3 heteroatoms. The molecule has 0 radical (unpaired) electrons. The van der Waals surface area contributed by atoms with Crippen molar-refractivity contribution < 1.29 is 4.79 Å². The van der Waals surface area contributed by atoms with E-state index in [-0.39, 0.29) is 5.78 Å². The lowest BCUT2D eigenvalue weighted by Gasteiger charge is -2.13. The van der Waals surface area contributed by atoms with E-state index in [1.54, 1.807) is 6.33 Å². The molecular weight excluding hydrogens is 212 g/mol. The number of rotatable bonds is 2. The minimum Gasteiger partial charge on any atom is -0.329 e. The minimum atomic E-state index is 0.193. The number of carbonyl (C=O) groups excluding carboxylic acids is 1. The zero-order chi connectivity index (χ0) is 11.7. The average Bonchev–Trinajstić information content (AvgIpc) is 2.76. The first-order valence-corrected chi connectivity index (χ1v) is 5.96. The molecule has 0 bridgehead atoms. The molecule has 17 heavy (non-hydrogen) atoms. The standard InChI is InChI=1S/C14H14N2O/c17-13-8-4-7-12-14(13)15-10-16(12)9-11-5-2-1-3-6-11/h1-3,5-6,10H,4,7-9H2. The summed E-state index contributed by atoms with van der Waals surface area (Å²) in [6.07, 6.45) is 4.36. The third-order valence-electron chi connectivity index (χ3n) is 3.22. The lowest BCUT2D eigenvalue weighted by atomic mass is 10.00. The van der Waals surface area contributed by atoms with Gasteiger partial charge in [0.05, 0.1) is 6.33 Å². The Labute approximate surface area is 100 Å². The van der Waals surface area contributed by atoms with Gasteiger partial charge in [0.2, 0.25) is 0 Å². The molecule has 2 aromatic rings. The largest absolute Gasteiger partial charge is 0.329 e. The van der Waals surface area contributed by atoms with Crippen molar-refractivity contribution in [3.8, 4) is 0 Å². The Balaban J connectivity index is 1.92. The quantitative estimate of drug-likeness (QED) is 0.788. The van der Waals surface area contributed by atoms with Crippen LogP contribution in [0.2, 0.25) is 0 Å². The van der Waals surface area contributed by atoms with Crippen LogP contribution < -0.4 is 0 Å². The fourth-order valence-electron chi connectivity index (χ4n) is 2.35. The number of imidazole rings is 1. The van der Waals surface area contributed by atoms with E-state index < -0.39 is 0 Å². The second-order valence-corrected chi connectivity index (χ2v) is 4.43. The molecule has 0 aliphatic heterocycles. The number of hydrogen-bond acceptors (Lipinski definition) is 2. The zero-order valence-corrected chi connectivity index (χ0v) is 9.60. The van der Waals surface area contributed by atoms with E-state index in [1.165, 1.54) is 5.56 Å². The van der Waals surface area contributed by atoms with Gasteiger partial charge < -0.3 is 4.57 Å². The second-order valence-electron chi connectivity index (χ2n) is 4.43. The first-order chi connectivity index (χ1) is 8.34. The summed E-state index contributed by atoms with van der Waals surface area (Å²) >= 11 is 0. The summed E-state index contributed by atoms with van der Waals surface area (Å²) in [5.41, 5.74) is 3.03. The molecule has 0 amide bonds. The van der Waals surface area contributed by atoms with Crippen molar-refractivity contribution in [2.24, 2.45) is 0 Å². The van der Waals surface area contributed by atoms with E-state index in [0.29, 0.717) is 12.1 Å². The van der Waals surface area contributed by atoms with Gasteiger partial charge in [-0.2, -0.15) is 0 Å². The Kier molecular flexibility index (Phi) is 2.52. The lowest BCUT2D eigenvalue weighted by Crippen LogP contribution is -2.14. The highest BCUT2D eigenvalue weighted by Gasteiger charge is 2.21. The molecule has 3 nitrogen and oxygen atoms in total. The summed E-state index contributed by atoms with van der Waals surface area (Å²) in [7, 11) is 0. The van der Waals surface area contributed by atoms with Crippen LogP contribution in [0.1, 0.15) is 34.6 Å². The molecule has 0 saturated heterocycles. The zero-order valence-electron chi connectivity index (χ0n) is 9.60. The number of benzene rings is 1. The molecule has 86 valence electrons. The van der Waals surface area contributed by atoms with Crippen LogP contribution in [0.3, 0.4) is 0 Å². The predicted molar refractivity (Wildman–Crippen MR) is 65.0 cm³/mol. The molecule has 0 spiro atoms. The maximum Gasteiger partial charge on any atom is 0.183 e. The maximum atomic E-state index is 11.7. The number of ketones is 1. The maximum absolute atomic E-state index is 11.7. The van der Waals surface area contributed by atoms with Gasteiger partial charge in [0.25, 0.3) is 0 Å². The monoisotopic (exact) mass is 226 g/mol. The second kappa shape index (κ2) is 4.17. The van der Waals surface area contributed by atoms with Gasteiger partial charge in [-0.3, -0.25) is 4.79 Å².